The summed E-state index contributed by atoms with van der Waals surface area (Å²) in [6, 6.07) is -1.69. The topological polar surface area (TPSA) is 113 Å². The van der Waals surface area contributed by atoms with Crippen molar-refractivity contribution in [2.45, 2.75) is 57.5 Å². The van der Waals surface area contributed by atoms with Gasteiger partial charge in [-0.3, -0.25) is 9.59 Å². The maximum absolute atomic E-state index is 12.3. The Kier molecular flexibility index (Phi) is 8.32. The molecule has 7 heteroatoms. The minimum absolute atomic E-state index is 0.149. The molecule has 0 aliphatic carbocycles. The normalized spacial score (nSPS) is 19.0. The molecule has 0 saturated carbocycles. The minimum Gasteiger partial charge on any atom is -0.479 e. The van der Waals surface area contributed by atoms with E-state index in [4.69, 9.17) is 5.73 Å². The first-order chi connectivity index (χ1) is 11.0. The Bertz CT molecular complexity index is 451. The number of carboxylic acid groups (broad SMARTS) is 1. The first kappa shape index (κ1) is 19.2. The summed E-state index contributed by atoms with van der Waals surface area (Å²) in [5.74, 6) is -1.83. The molecule has 2 unspecified atom stereocenters. The number of nitrogens with two attached hydrogens (primary N) is 1. The molecule has 1 saturated heterocycles. The zero-order valence-corrected chi connectivity index (χ0v) is 13.7. The van der Waals surface area contributed by atoms with Gasteiger partial charge in [0.15, 0.2) is 0 Å². The highest BCUT2D eigenvalue weighted by Crippen LogP contribution is 2.17. The minimum atomic E-state index is -1.11. The Morgan fingerprint density at radius 2 is 2.13 bits per heavy atom. The van der Waals surface area contributed by atoms with Gasteiger partial charge in [-0.1, -0.05) is 31.9 Å². The molecule has 2 amide bonds. The predicted octanol–water partition coefficient (Wildman–Crippen LogP) is 0.642. The molecule has 0 spiro atoms. The zero-order valence-electron chi connectivity index (χ0n) is 13.7. The van der Waals surface area contributed by atoms with Crippen LogP contribution >= 0.6 is 0 Å². The first-order valence-corrected chi connectivity index (χ1v) is 8.20. The summed E-state index contributed by atoms with van der Waals surface area (Å²) in [4.78, 5) is 36.7. The number of rotatable bonds is 9. The van der Waals surface area contributed by atoms with Crippen molar-refractivity contribution >= 4 is 17.8 Å². The molecule has 1 heterocycles. The third kappa shape index (κ3) is 6.02. The molecule has 1 aliphatic heterocycles. The smallest absolute Gasteiger partial charge is 0.330 e. The lowest BCUT2D eigenvalue weighted by molar-refractivity contribution is -0.142. The van der Waals surface area contributed by atoms with Crippen LogP contribution in [0.25, 0.3) is 0 Å². The van der Waals surface area contributed by atoms with Crippen LogP contribution in [0.2, 0.25) is 0 Å². The van der Waals surface area contributed by atoms with Gasteiger partial charge in [0.2, 0.25) is 11.8 Å². The van der Waals surface area contributed by atoms with Gasteiger partial charge in [-0.2, -0.15) is 0 Å². The monoisotopic (exact) mass is 325 g/mol. The van der Waals surface area contributed by atoms with Gasteiger partial charge in [-0.05, 0) is 25.7 Å². The van der Waals surface area contributed by atoms with E-state index in [1.807, 2.05) is 0 Å². The van der Waals surface area contributed by atoms with Gasteiger partial charge in [0, 0.05) is 6.54 Å². The highest BCUT2D eigenvalue weighted by molar-refractivity contribution is 5.91. The highest BCUT2D eigenvalue weighted by atomic mass is 16.4. The molecule has 4 N–H and O–H groups in total. The Labute approximate surface area is 136 Å². The number of allylic oxidation sites excluding steroid dienone is 1. The second kappa shape index (κ2) is 9.99. The molecule has 1 aliphatic rings. The Hall–Kier alpha value is -1.89. The van der Waals surface area contributed by atoms with Crippen molar-refractivity contribution in [2.24, 2.45) is 5.73 Å². The Morgan fingerprint density at radius 3 is 2.74 bits per heavy atom. The molecule has 0 aromatic heterocycles. The fourth-order valence-electron chi connectivity index (χ4n) is 2.64. The summed E-state index contributed by atoms with van der Waals surface area (Å²) in [6.45, 7) is 2.43. The van der Waals surface area contributed by atoms with E-state index < -0.39 is 24.0 Å². The fraction of sp³-hybridized carbons (Fsp3) is 0.688. The van der Waals surface area contributed by atoms with Crippen LogP contribution in [0.1, 0.15) is 45.4 Å². The summed E-state index contributed by atoms with van der Waals surface area (Å²) in [5.41, 5.74) is 5.34. The maximum atomic E-state index is 12.3. The van der Waals surface area contributed by atoms with Crippen molar-refractivity contribution < 1.29 is 19.5 Å². The maximum Gasteiger partial charge on any atom is 0.330 e. The second-order valence-corrected chi connectivity index (χ2v) is 5.70. The molecule has 1 rings (SSSR count). The Morgan fingerprint density at radius 1 is 1.39 bits per heavy atom. The molecule has 23 heavy (non-hydrogen) atoms. The summed E-state index contributed by atoms with van der Waals surface area (Å²) < 4.78 is 0. The number of likely N-dealkylation sites (tertiary alicyclic amines) is 1. The van der Waals surface area contributed by atoms with E-state index in [9.17, 15) is 19.5 Å². The third-order valence-electron chi connectivity index (χ3n) is 3.92. The summed E-state index contributed by atoms with van der Waals surface area (Å²) in [5, 5.41) is 11.7. The largest absolute Gasteiger partial charge is 0.479 e. The van der Waals surface area contributed by atoms with Crippen molar-refractivity contribution in [3.63, 3.8) is 0 Å². The summed E-state index contributed by atoms with van der Waals surface area (Å²) in [7, 11) is 0. The summed E-state index contributed by atoms with van der Waals surface area (Å²) in [6.07, 6.45) is 8.50. The second-order valence-electron chi connectivity index (χ2n) is 5.70. The van der Waals surface area contributed by atoms with E-state index in [1.165, 1.54) is 11.0 Å². The average Bonchev–Trinajstić information content (AvgIpc) is 3.02. The first-order valence-electron chi connectivity index (χ1n) is 8.20. The lowest BCUT2D eigenvalue weighted by Crippen LogP contribution is -2.51. The van der Waals surface area contributed by atoms with Crippen LogP contribution in [0.4, 0.5) is 0 Å². The highest BCUT2D eigenvalue weighted by Gasteiger charge is 2.34. The van der Waals surface area contributed by atoms with Gasteiger partial charge in [-0.15, -0.1) is 0 Å². The molecule has 7 nitrogen and oxygen atoms in total. The van der Waals surface area contributed by atoms with Crippen molar-refractivity contribution in [2.75, 3.05) is 13.1 Å². The number of nitrogens with one attached hydrogen (secondary N) is 1. The molecule has 130 valence electrons. The van der Waals surface area contributed by atoms with Gasteiger partial charge >= 0.3 is 5.97 Å². The van der Waals surface area contributed by atoms with Crippen LogP contribution in [-0.4, -0.2) is 53.0 Å². The third-order valence-corrected chi connectivity index (χ3v) is 3.92. The van der Waals surface area contributed by atoms with Crippen molar-refractivity contribution in [1.29, 1.82) is 0 Å². The number of hydrogen-bond acceptors (Lipinski definition) is 4. The van der Waals surface area contributed by atoms with E-state index in [0.29, 0.717) is 19.4 Å². The van der Waals surface area contributed by atoms with Crippen LogP contribution in [0, 0.1) is 0 Å². The van der Waals surface area contributed by atoms with E-state index in [1.54, 1.807) is 6.08 Å². The van der Waals surface area contributed by atoms with Gasteiger partial charge in [0.05, 0.1) is 6.54 Å². The number of unbranched alkanes of at least 4 members (excludes halogenated alkanes) is 3. The van der Waals surface area contributed by atoms with E-state index in [-0.39, 0.29) is 12.5 Å². The van der Waals surface area contributed by atoms with Crippen LogP contribution in [-0.2, 0) is 14.4 Å². The molecule has 2 atom stereocenters. The molecular formula is C16H27N3O4. The van der Waals surface area contributed by atoms with Crippen LogP contribution in [0.3, 0.4) is 0 Å². The average molecular weight is 325 g/mol. The van der Waals surface area contributed by atoms with Crippen LogP contribution < -0.4 is 11.1 Å². The van der Waals surface area contributed by atoms with E-state index >= 15 is 0 Å². The standard InChI is InChI=1S/C16H27N3O4/c1-2-3-4-5-6-8-12(16(22)23)18-15(21)13-9-7-10-19(13)14(20)11-17/h6,8,12-13H,2-5,7,9-11,17H2,1H3,(H,18,21)(H,22,23)/b8-6-. The number of aliphatic carboxylic acids is 1. The van der Waals surface area contributed by atoms with Crippen molar-refractivity contribution in [3.8, 4) is 0 Å². The molecule has 0 aromatic carbocycles. The summed E-state index contributed by atoms with van der Waals surface area (Å²) >= 11 is 0. The zero-order chi connectivity index (χ0) is 17.2. The molecule has 0 bridgehead atoms. The number of hydrogen-bond donors (Lipinski definition) is 3. The van der Waals surface area contributed by atoms with Gasteiger partial charge in [-0.25, -0.2) is 4.79 Å². The fourth-order valence-corrected chi connectivity index (χ4v) is 2.64. The SMILES string of the molecule is CCCCC/C=C\C(NC(=O)C1CCCN1C(=O)CN)C(=O)O. The molecule has 0 radical (unpaired) electrons. The molecule has 0 aromatic rings. The van der Waals surface area contributed by atoms with E-state index in [2.05, 4.69) is 12.2 Å². The molecular weight excluding hydrogens is 298 g/mol. The van der Waals surface area contributed by atoms with Crippen LogP contribution in [0.15, 0.2) is 12.2 Å². The quantitative estimate of drug-likeness (QED) is 0.425. The Balaban J connectivity index is 2.60. The lowest BCUT2D eigenvalue weighted by atomic mass is 10.1. The van der Waals surface area contributed by atoms with Gasteiger partial charge < -0.3 is 21.1 Å². The number of carbonyl (C=O) groups is 3. The number of carboxylic acids is 1. The van der Waals surface area contributed by atoms with Crippen molar-refractivity contribution in [1.82, 2.24) is 10.2 Å². The molecule has 1 fully saturated rings. The van der Waals surface area contributed by atoms with Gasteiger partial charge in [0.1, 0.15) is 12.1 Å². The van der Waals surface area contributed by atoms with E-state index in [0.717, 1.165) is 25.7 Å². The number of nitrogens with zero attached hydrogens (tertiary/aromatic N) is 1. The van der Waals surface area contributed by atoms with Crippen molar-refractivity contribution in [3.05, 3.63) is 12.2 Å². The number of carbonyl (C=O) groups excluding carboxylic acids is 2. The predicted molar refractivity (Wildman–Crippen MR) is 86.6 cm³/mol. The van der Waals surface area contributed by atoms with Gasteiger partial charge in [0.25, 0.3) is 0 Å². The number of amides is 2. The van der Waals surface area contributed by atoms with Crippen LogP contribution in [0.5, 0.6) is 0 Å². The lowest BCUT2D eigenvalue weighted by Gasteiger charge is -2.24.